The highest BCUT2D eigenvalue weighted by atomic mass is 32.2. The summed E-state index contributed by atoms with van der Waals surface area (Å²) in [7, 11) is 0. The van der Waals surface area contributed by atoms with Crippen LogP contribution < -0.4 is 0 Å². The lowest BCUT2D eigenvalue weighted by molar-refractivity contribution is 0.374. The molecule has 1 unspecified atom stereocenters. The number of fused-ring (bicyclic) bond motifs is 1. The van der Waals surface area contributed by atoms with E-state index in [0.717, 1.165) is 29.5 Å². The lowest BCUT2D eigenvalue weighted by Gasteiger charge is -2.03. The van der Waals surface area contributed by atoms with E-state index in [9.17, 15) is 0 Å². The molecular weight excluding hydrogens is 274 g/mol. The number of nitrogens with zero attached hydrogens (tertiary/aromatic N) is 5. The van der Waals surface area contributed by atoms with Crippen LogP contribution in [0.5, 0.6) is 0 Å². The van der Waals surface area contributed by atoms with E-state index in [1.807, 2.05) is 35.7 Å². The van der Waals surface area contributed by atoms with Gasteiger partial charge in [0.05, 0.1) is 5.25 Å². The summed E-state index contributed by atoms with van der Waals surface area (Å²) in [4.78, 5) is 4.40. The molecule has 0 radical (unpaired) electrons. The first-order valence-electron chi connectivity index (χ1n) is 6.57. The van der Waals surface area contributed by atoms with E-state index in [-0.39, 0.29) is 5.25 Å². The molecule has 0 N–H and O–H groups in total. The Kier molecular flexibility index (Phi) is 3.68. The average molecular weight is 289 g/mol. The van der Waals surface area contributed by atoms with Gasteiger partial charge in [-0.25, -0.2) is 0 Å². The van der Waals surface area contributed by atoms with Crippen LogP contribution in [-0.4, -0.2) is 24.7 Å². The molecule has 3 aromatic rings. The Morgan fingerprint density at radius 2 is 2.25 bits per heavy atom. The van der Waals surface area contributed by atoms with Gasteiger partial charge in [-0.1, -0.05) is 29.9 Å². The molecule has 104 valence electrons. The molecule has 1 atom stereocenters. The standard InChI is InChI=1S/C13H15N5OS/c1-3-6-10-14-12(19-17-10)9(2)20-13-16-15-11-7-4-5-8-18(11)13/h4-5,7-9H,3,6H2,1-2H3. The number of hydrogen-bond acceptors (Lipinski definition) is 6. The minimum Gasteiger partial charge on any atom is -0.338 e. The van der Waals surface area contributed by atoms with Crippen molar-refractivity contribution in [2.45, 2.75) is 37.1 Å². The second-order valence-electron chi connectivity index (χ2n) is 4.47. The summed E-state index contributed by atoms with van der Waals surface area (Å²) < 4.78 is 7.25. The normalized spacial score (nSPS) is 12.9. The predicted octanol–water partition coefficient (Wildman–Crippen LogP) is 2.92. The van der Waals surface area contributed by atoms with Gasteiger partial charge >= 0.3 is 0 Å². The van der Waals surface area contributed by atoms with Crippen molar-refractivity contribution in [3.63, 3.8) is 0 Å². The Morgan fingerprint density at radius 1 is 1.35 bits per heavy atom. The van der Waals surface area contributed by atoms with Crippen LogP contribution in [0.15, 0.2) is 34.1 Å². The van der Waals surface area contributed by atoms with Gasteiger partial charge in [-0.15, -0.1) is 10.2 Å². The van der Waals surface area contributed by atoms with E-state index in [0.29, 0.717) is 5.89 Å². The first kappa shape index (κ1) is 13.1. The SMILES string of the molecule is CCCc1noc(C(C)Sc2nnc3ccccn23)n1. The van der Waals surface area contributed by atoms with E-state index in [1.54, 1.807) is 11.8 Å². The molecule has 0 spiro atoms. The summed E-state index contributed by atoms with van der Waals surface area (Å²) in [6.45, 7) is 4.12. The fourth-order valence-electron chi connectivity index (χ4n) is 1.87. The molecule has 0 bridgehead atoms. The van der Waals surface area contributed by atoms with Crippen LogP contribution in [0.4, 0.5) is 0 Å². The lowest BCUT2D eigenvalue weighted by Crippen LogP contribution is -1.93. The molecule has 0 saturated carbocycles. The molecule has 3 aromatic heterocycles. The number of aryl methyl sites for hydroxylation is 1. The van der Waals surface area contributed by atoms with Gasteiger partial charge in [-0.3, -0.25) is 4.40 Å². The number of rotatable bonds is 5. The third-order valence-corrected chi connectivity index (χ3v) is 3.91. The zero-order valence-corrected chi connectivity index (χ0v) is 12.2. The maximum Gasteiger partial charge on any atom is 0.239 e. The van der Waals surface area contributed by atoms with Crippen LogP contribution in [0.25, 0.3) is 5.65 Å². The van der Waals surface area contributed by atoms with Gasteiger partial charge in [0.1, 0.15) is 0 Å². The van der Waals surface area contributed by atoms with Gasteiger partial charge in [-0.05, 0) is 25.5 Å². The number of pyridine rings is 1. The van der Waals surface area contributed by atoms with Gasteiger partial charge < -0.3 is 4.52 Å². The highest BCUT2D eigenvalue weighted by Crippen LogP contribution is 2.32. The van der Waals surface area contributed by atoms with Crippen LogP contribution in [0.1, 0.15) is 37.2 Å². The first-order chi connectivity index (χ1) is 9.78. The summed E-state index contributed by atoms with van der Waals surface area (Å²) in [5, 5.41) is 13.2. The second kappa shape index (κ2) is 5.62. The Hall–Kier alpha value is -1.89. The van der Waals surface area contributed by atoms with Crippen molar-refractivity contribution < 1.29 is 4.52 Å². The van der Waals surface area contributed by atoms with Crippen LogP contribution in [0.2, 0.25) is 0 Å². The van der Waals surface area contributed by atoms with Crippen LogP contribution in [0, 0.1) is 0 Å². The molecule has 20 heavy (non-hydrogen) atoms. The number of hydrogen-bond donors (Lipinski definition) is 0. The Bertz CT molecular complexity index is 707. The zero-order chi connectivity index (χ0) is 13.9. The van der Waals surface area contributed by atoms with Gasteiger partial charge in [0.25, 0.3) is 0 Å². The summed E-state index contributed by atoms with van der Waals surface area (Å²) in [5.41, 5.74) is 0.833. The minimum absolute atomic E-state index is 0.0423. The quantitative estimate of drug-likeness (QED) is 0.673. The highest BCUT2D eigenvalue weighted by molar-refractivity contribution is 7.99. The van der Waals surface area contributed by atoms with Crippen molar-refractivity contribution in [3.8, 4) is 0 Å². The van der Waals surface area contributed by atoms with Crippen LogP contribution in [-0.2, 0) is 6.42 Å². The second-order valence-corrected chi connectivity index (χ2v) is 5.78. The molecule has 6 nitrogen and oxygen atoms in total. The largest absolute Gasteiger partial charge is 0.338 e. The molecule has 0 aliphatic heterocycles. The molecule has 0 aliphatic rings. The van der Waals surface area contributed by atoms with Crippen molar-refractivity contribution in [1.29, 1.82) is 0 Å². The molecule has 0 aliphatic carbocycles. The van der Waals surface area contributed by atoms with E-state index < -0.39 is 0 Å². The molecule has 0 amide bonds. The zero-order valence-electron chi connectivity index (χ0n) is 11.4. The molecule has 3 rings (SSSR count). The molecule has 7 heteroatoms. The monoisotopic (exact) mass is 289 g/mol. The van der Waals surface area contributed by atoms with Crippen molar-refractivity contribution >= 4 is 17.4 Å². The van der Waals surface area contributed by atoms with Crippen molar-refractivity contribution in [2.24, 2.45) is 0 Å². The van der Waals surface area contributed by atoms with Crippen LogP contribution in [0.3, 0.4) is 0 Å². The van der Waals surface area contributed by atoms with E-state index >= 15 is 0 Å². The average Bonchev–Trinajstić information content (AvgIpc) is 3.07. The molecule has 0 fully saturated rings. The molecule has 0 aromatic carbocycles. The summed E-state index contributed by atoms with van der Waals surface area (Å²) in [5.74, 6) is 1.40. The lowest BCUT2D eigenvalue weighted by atomic mass is 10.3. The van der Waals surface area contributed by atoms with Gasteiger partial charge in [0, 0.05) is 12.6 Å². The summed E-state index contributed by atoms with van der Waals surface area (Å²) >= 11 is 1.56. The fraction of sp³-hybridized carbons (Fsp3) is 0.385. The van der Waals surface area contributed by atoms with E-state index in [4.69, 9.17) is 4.52 Å². The smallest absolute Gasteiger partial charge is 0.239 e. The summed E-state index contributed by atoms with van der Waals surface area (Å²) in [6, 6.07) is 5.82. The predicted molar refractivity (Wildman–Crippen MR) is 75.6 cm³/mol. The van der Waals surface area contributed by atoms with Crippen molar-refractivity contribution in [1.82, 2.24) is 24.7 Å². The third kappa shape index (κ3) is 2.53. The van der Waals surface area contributed by atoms with Gasteiger partial charge in [0.2, 0.25) is 5.89 Å². The van der Waals surface area contributed by atoms with Gasteiger partial charge in [0.15, 0.2) is 16.6 Å². The van der Waals surface area contributed by atoms with Gasteiger partial charge in [-0.2, -0.15) is 4.98 Å². The maximum absolute atomic E-state index is 5.30. The molecular formula is C13H15N5OS. The molecule has 3 heterocycles. The third-order valence-electron chi connectivity index (χ3n) is 2.87. The minimum atomic E-state index is 0.0423. The number of aromatic nitrogens is 5. The molecule has 0 saturated heterocycles. The highest BCUT2D eigenvalue weighted by Gasteiger charge is 2.18. The van der Waals surface area contributed by atoms with Crippen molar-refractivity contribution in [3.05, 3.63) is 36.1 Å². The summed E-state index contributed by atoms with van der Waals surface area (Å²) in [6.07, 6.45) is 3.80. The Morgan fingerprint density at radius 3 is 3.10 bits per heavy atom. The maximum atomic E-state index is 5.30. The first-order valence-corrected chi connectivity index (χ1v) is 7.44. The fourth-order valence-corrected chi connectivity index (χ4v) is 2.73. The van der Waals surface area contributed by atoms with Crippen molar-refractivity contribution in [2.75, 3.05) is 0 Å². The Balaban J connectivity index is 1.79. The van der Waals surface area contributed by atoms with E-state index in [1.165, 1.54) is 0 Å². The van der Waals surface area contributed by atoms with Crippen LogP contribution >= 0.6 is 11.8 Å². The number of thioether (sulfide) groups is 1. The van der Waals surface area contributed by atoms with E-state index in [2.05, 4.69) is 27.3 Å². The Labute approximate surface area is 120 Å². The topological polar surface area (TPSA) is 69.1 Å².